The standard InChI is InChI=1S/C18H27N3O2/c1-20(2)18-14-6-7-15(18)11-21(10-14)9-13-4-3-5-16(8-13)23-12-17(19)22/h3-5,8,14-15,18H,6-7,9-12H2,1-2H3,(H2,19,22)/t14-,15+,18?. The number of benzene rings is 1. The topological polar surface area (TPSA) is 58.8 Å². The molecule has 1 aliphatic heterocycles. The van der Waals surface area contributed by atoms with Gasteiger partial charge >= 0.3 is 0 Å². The Bertz CT molecular complexity index is 547. The van der Waals surface area contributed by atoms with Gasteiger partial charge in [-0.05, 0) is 56.5 Å². The lowest BCUT2D eigenvalue weighted by Crippen LogP contribution is -2.50. The predicted octanol–water partition coefficient (Wildman–Crippen LogP) is 1.32. The number of likely N-dealkylation sites (tertiary alicyclic amines) is 1. The lowest BCUT2D eigenvalue weighted by atomic mass is 9.91. The summed E-state index contributed by atoms with van der Waals surface area (Å²) < 4.78 is 5.40. The van der Waals surface area contributed by atoms with E-state index in [0.717, 1.165) is 24.4 Å². The maximum absolute atomic E-state index is 10.8. The second-order valence-corrected chi connectivity index (χ2v) is 7.15. The van der Waals surface area contributed by atoms with Crippen molar-refractivity contribution in [2.75, 3.05) is 33.8 Å². The molecule has 1 aromatic carbocycles. The number of hydrogen-bond donors (Lipinski definition) is 1. The van der Waals surface area contributed by atoms with Crippen molar-refractivity contribution in [3.8, 4) is 5.75 Å². The molecule has 5 nitrogen and oxygen atoms in total. The van der Waals surface area contributed by atoms with E-state index in [1.807, 2.05) is 18.2 Å². The first-order valence-corrected chi connectivity index (χ1v) is 8.42. The quantitative estimate of drug-likeness (QED) is 0.860. The fraction of sp³-hybridized carbons (Fsp3) is 0.611. The highest BCUT2D eigenvalue weighted by atomic mass is 16.5. The number of nitrogens with two attached hydrogens (primary N) is 1. The minimum atomic E-state index is -0.447. The van der Waals surface area contributed by atoms with Crippen LogP contribution in [0.3, 0.4) is 0 Å². The van der Waals surface area contributed by atoms with E-state index in [1.165, 1.54) is 31.5 Å². The van der Waals surface area contributed by atoms with E-state index in [1.54, 1.807) is 0 Å². The minimum Gasteiger partial charge on any atom is -0.484 e. The largest absolute Gasteiger partial charge is 0.484 e. The maximum atomic E-state index is 10.8. The Balaban J connectivity index is 1.60. The second kappa shape index (κ2) is 6.89. The molecule has 0 radical (unpaired) electrons. The van der Waals surface area contributed by atoms with Crippen LogP contribution in [0.5, 0.6) is 5.75 Å². The first-order valence-electron chi connectivity index (χ1n) is 8.42. The molecule has 1 aromatic rings. The predicted molar refractivity (Wildman–Crippen MR) is 90.1 cm³/mol. The number of ether oxygens (including phenoxy) is 1. The number of amides is 1. The molecule has 1 saturated heterocycles. The zero-order chi connectivity index (χ0) is 16.4. The number of primary amides is 1. The average Bonchev–Trinajstić information content (AvgIpc) is 2.78. The Morgan fingerprint density at radius 2 is 2.00 bits per heavy atom. The van der Waals surface area contributed by atoms with Gasteiger partial charge in [-0.3, -0.25) is 9.69 Å². The van der Waals surface area contributed by atoms with Crippen molar-refractivity contribution < 1.29 is 9.53 Å². The summed E-state index contributed by atoms with van der Waals surface area (Å²) >= 11 is 0. The van der Waals surface area contributed by atoms with Gasteiger partial charge in [-0.1, -0.05) is 12.1 Å². The molecule has 2 aliphatic rings. The van der Waals surface area contributed by atoms with E-state index < -0.39 is 5.91 Å². The zero-order valence-corrected chi connectivity index (χ0v) is 14.1. The van der Waals surface area contributed by atoms with Crippen LogP contribution in [0.15, 0.2) is 24.3 Å². The molecule has 3 rings (SSSR count). The molecule has 126 valence electrons. The normalized spacial score (nSPS) is 27.3. The van der Waals surface area contributed by atoms with E-state index >= 15 is 0 Å². The van der Waals surface area contributed by atoms with Crippen LogP contribution in [-0.2, 0) is 11.3 Å². The molecule has 1 amide bonds. The van der Waals surface area contributed by atoms with E-state index in [4.69, 9.17) is 10.5 Å². The van der Waals surface area contributed by atoms with Gasteiger partial charge in [-0.2, -0.15) is 0 Å². The molecular weight excluding hydrogens is 290 g/mol. The lowest BCUT2D eigenvalue weighted by Gasteiger charge is -2.41. The summed E-state index contributed by atoms with van der Waals surface area (Å²) in [6.07, 6.45) is 2.71. The molecule has 1 saturated carbocycles. The van der Waals surface area contributed by atoms with Crippen LogP contribution in [0.1, 0.15) is 18.4 Å². The van der Waals surface area contributed by atoms with Crippen LogP contribution < -0.4 is 10.5 Å². The number of piperidine rings is 1. The van der Waals surface area contributed by atoms with Crippen LogP contribution in [0.25, 0.3) is 0 Å². The summed E-state index contributed by atoms with van der Waals surface area (Å²) in [5, 5.41) is 0. The van der Waals surface area contributed by atoms with Crippen molar-refractivity contribution in [1.82, 2.24) is 9.80 Å². The molecule has 1 unspecified atom stereocenters. The van der Waals surface area contributed by atoms with Crippen molar-refractivity contribution in [1.29, 1.82) is 0 Å². The van der Waals surface area contributed by atoms with Gasteiger partial charge in [0.2, 0.25) is 0 Å². The highest BCUT2D eigenvalue weighted by Crippen LogP contribution is 2.39. The lowest BCUT2D eigenvalue weighted by molar-refractivity contribution is -0.119. The van der Waals surface area contributed by atoms with Gasteiger partial charge in [0.05, 0.1) is 0 Å². The smallest absolute Gasteiger partial charge is 0.255 e. The molecule has 2 N–H and O–H groups in total. The average molecular weight is 317 g/mol. The molecule has 5 heteroatoms. The SMILES string of the molecule is CN(C)C1[C@@H]2CC[C@H]1CN(Cc1cccc(OCC(N)=O)c1)C2. The third-order valence-corrected chi connectivity index (χ3v) is 5.14. The third-order valence-electron chi connectivity index (χ3n) is 5.14. The second-order valence-electron chi connectivity index (χ2n) is 7.15. The number of carbonyl (C=O) groups excluding carboxylic acids is 1. The van der Waals surface area contributed by atoms with E-state index in [0.29, 0.717) is 5.75 Å². The molecular formula is C18H27N3O2. The van der Waals surface area contributed by atoms with Crippen molar-refractivity contribution in [2.24, 2.45) is 17.6 Å². The Kier molecular flexibility index (Phi) is 4.87. The molecule has 2 bridgehead atoms. The van der Waals surface area contributed by atoms with Gasteiger partial charge in [0, 0.05) is 25.7 Å². The minimum absolute atomic E-state index is 0.0676. The molecule has 2 fully saturated rings. The van der Waals surface area contributed by atoms with Gasteiger partial charge in [0.15, 0.2) is 6.61 Å². The molecule has 3 atom stereocenters. The van der Waals surface area contributed by atoms with Crippen LogP contribution in [-0.4, -0.2) is 55.5 Å². The summed E-state index contributed by atoms with van der Waals surface area (Å²) in [7, 11) is 4.43. The van der Waals surface area contributed by atoms with Gasteiger partial charge in [0.25, 0.3) is 5.91 Å². The Morgan fingerprint density at radius 1 is 1.30 bits per heavy atom. The fourth-order valence-electron chi connectivity index (χ4n) is 4.41. The van der Waals surface area contributed by atoms with Gasteiger partial charge in [-0.15, -0.1) is 0 Å². The summed E-state index contributed by atoms with van der Waals surface area (Å²) in [5.41, 5.74) is 6.36. The highest BCUT2D eigenvalue weighted by molar-refractivity contribution is 5.75. The van der Waals surface area contributed by atoms with Crippen LogP contribution in [0.2, 0.25) is 0 Å². The molecule has 1 heterocycles. The van der Waals surface area contributed by atoms with Crippen molar-refractivity contribution in [3.63, 3.8) is 0 Å². The fourth-order valence-corrected chi connectivity index (χ4v) is 4.41. The number of fused-ring (bicyclic) bond motifs is 2. The molecule has 0 spiro atoms. The summed E-state index contributed by atoms with van der Waals surface area (Å²) in [6.45, 7) is 3.22. The monoisotopic (exact) mass is 317 g/mol. The summed E-state index contributed by atoms with van der Waals surface area (Å²) in [4.78, 5) is 15.8. The molecule has 1 aliphatic carbocycles. The Labute approximate surface area is 138 Å². The number of rotatable bonds is 6. The Morgan fingerprint density at radius 3 is 2.61 bits per heavy atom. The first kappa shape index (κ1) is 16.3. The first-order chi connectivity index (χ1) is 11.0. The summed E-state index contributed by atoms with van der Waals surface area (Å²) in [5.74, 6) is 1.85. The van der Waals surface area contributed by atoms with Crippen LogP contribution >= 0.6 is 0 Å². The van der Waals surface area contributed by atoms with E-state index in [-0.39, 0.29) is 6.61 Å². The van der Waals surface area contributed by atoms with Crippen LogP contribution in [0.4, 0.5) is 0 Å². The number of hydrogen-bond acceptors (Lipinski definition) is 4. The zero-order valence-electron chi connectivity index (χ0n) is 14.1. The maximum Gasteiger partial charge on any atom is 0.255 e. The summed E-state index contributed by atoms with van der Waals surface area (Å²) in [6, 6.07) is 8.73. The number of carbonyl (C=O) groups is 1. The van der Waals surface area contributed by atoms with Crippen molar-refractivity contribution in [2.45, 2.75) is 25.4 Å². The van der Waals surface area contributed by atoms with Gasteiger partial charge in [-0.25, -0.2) is 0 Å². The molecule has 23 heavy (non-hydrogen) atoms. The Hall–Kier alpha value is -1.59. The highest BCUT2D eigenvalue weighted by Gasteiger charge is 2.42. The van der Waals surface area contributed by atoms with E-state index in [9.17, 15) is 4.79 Å². The van der Waals surface area contributed by atoms with Gasteiger partial charge < -0.3 is 15.4 Å². The van der Waals surface area contributed by atoms with E-state index in [2.05, 4.69) is 30.0 Å². The van der Waals surface area contributed by atoms with Crippen molar-refractivity contribution in [3.05, 3.63) is 29.8 Å². The van der Waals surface area contributed by atoms with Crippen LogP contribution in [0, 0.1) is 11.8 Å². The molecule has 0 aromatic heterocycles. The number of nitrogens with zero attached hydrogens (tertiary/aromatic N) is 2. The van der Waals surface area contributed by atoms with Crippen molar-refractivity contribution >= 4 is 5.91 Å². The van der Waals surface area contributed by atoms with Gasteiger partial charge in [0.1, 0.15) is 5.75 Å². The third kappa shape index (κ3) is 3.85.